The largest absolute Gasteiger partial charge is 0.493 e. The lowest BCUT2D eigenvalue weighted by Crippen LogP contribution is -2.33. The maximum Gasteiger partial charge on any atom is 0.323 e. The van der Waals surface area contributed by atoms with Gasteiger partial charge >= 0.3 is 5.97 Å². The molecular weight excluding hydrogens is 508 g/mol. The molecular formula is C20H15BrN2O8S. The van der Waals surface area contributed by atoms with Gasteiger partial charge in [0.05, 0.1) is 21.4 Å². The summed E-state index contributed by atoms with van der Waals surface area (Å²) in [6, 6.07) is 9.25. The number of amides is 2. The molecule has 1 saturated heterocycles. The molecule has 1 fully saturated rings. The average Bonchev–Trinajstić information content (AvgIpc) is 2.99. The Balaban J connectivity index is 1.82. The van der Waals surface area contributed by atoms with E-state index >= 15 is 0 Å². The van der Waals surface area contributed by atoms with Crippen molar-refractivity contribution in [3.05, 3.63) is 67.0 Å². The summed E-state index contributed by atoms with van der Waals surface area (Å²) in [7, 11) is 1.42. The Labute approximate surface area is 194 Å². The number of halogens is 1. The molecule has 12 heteroatoms. The lowest BCUT2D eigenvalue weighted by Gasteiger charge is -2.14. The third kappa shape index (κ3) is 5.26. The number of ether oxygens (including phenoxy) is 2. The van der Waals surface area contributed by atoms with Crippen molar-refractivity contribution in [2.24, 2.45) is 0 Å². The van der Waals surface area contributed by atoms with E-state index in [1.165, 1.54) is 25.3 Å². The molecule has 0 radical (unpaired) electrons. The first kappa shape index (κ1) is 23.3. The summed E-state index contributed by atoms with van der Waals surface area (Å²) in [5.41, 5.74) is 1.05. The molecule has 1 N–H and O–H groups in total. The Bertz CT molecular complexity index is 1150. The number of benzene rings is 2. The summed E-state index contributed by atoms with van der Waals surface area (Å²) >= 11 is 4.03. The summed E-state index contributed by atoms with van der Waals surface area (Å²) < 4.78 is 11.6. The number of methoxy groups -OCH3 is 1. The smallest absolute Gasteiger partial charge is 0.323 e. The monoisotopic (exact) mass is 522 g/mol. The molecule has 10 nitrogen and oxygen atoms in total. The number of thioether (sulfide) groups is 1. The molecule has 1 aliphatic heterocycles. The third-order valence-corrected chi connectivity index (χ3v) is 5.72. The minimum Gasteiger partial charge on any atom is -0.493 e. The fourth-order valence-electron chi connectivity index (χ4n) is 2.80. The SMILES string of the molecule is COc1cc(/C=C2/SC(=O)N(CC(=O)O)C2=O)cc(Br)c1OCc1cccc([N+](=O)[O-])c1. The average molecular weight is 523 g/mol. The molecule has 2 aromatic rings. The predicted octanol–water partition coefficient (Wildman–Crippen LogP) is 4.07. The van der Waals surface area contributed by atoms with Crippen molar-refractivity contribution in [2.45, 2.75) is 6.61 Å². The minimum atomic E-state index is -1.29. The maximum atomic E-state index is 12.3. The molecule has 1 aliphatic rings. The van der Waals surface area contributed by atoms with Crippen molar-refractivity contribution in [3.8, 4) is 11.5 Å². The molecule has 1 heterocycles. The van der Waals surface area contributed by atoms with Crippen LogP contribution in [0.15, 0.2) is 45.8 Å². The van der Waals surface area contributed by atoms with Crippen LogP contribution in [0.5, 0.6) is 11.5 Å². The molecule has 0 unspecified atom stereocenters. The van der Waals surface area contributed by atoms with Crippen LogP contribution in [0.3, 0.4) is 0 Å². The van der Waals surface area contributed by atoms with Crippen LogP contribution < -0.4 is 9.47 Å². The van der Waals surface area contributed by atoms with Gasteiger partial charge in [0.1, 0.15) is 13.2 Å². The van der Waals surface area contributed by atoms with E-state index < -0.39 is 28.6 Å². The number of carbonyl (C=O) groups is 3. The van der Waals surface area contributed by atoms with Crippen LogP contribution >= 0.6 is 27.7 Å². The van der Waals surface area contributed by atoms with Gasteiger partial charge in [-0.2, -0.15) is 0 Å². The normalized spacial score (nSPS) is 14.7. The number of rotatable bonds is 8. The number of aliphatic carboxylic acids is 1. The van der Waals surface area contributed by atoms with Gasteiger partial charge in [-0.05, 0) is 57.0 Å². The molecule has 0 saturated carbocycles. The van der Waals surface area contributed by atoms with Crippen molar-refractivity contribution >= 4 is 56.6 Å². The highest BCUT2D eigenvalue weighted by Gasteiger charge is 2.36. The first-order valence-electron chi connectivity index (χ1n) is 8.90. The predicted molar refractivity (Wildman–Crippen MR) is 118 cm³/mol. The van der Waals surface area contributed by atoms with E-state index in [9.17, 15) is 24.5 Å². The van der Waals surface area contributed by atoms with Gasteiger partial charge in [-0.15, -0.1) is 0 Å². The van der Waals surface area contributed by atoms with Crippen LogP contribution in [0, 0.1) is 10.1 Å². The van der Waals surface area contributed by atoms with Gasteiger partial charge in [0.2, 0.25) is 0 Å². The highest BCUT2D eigenvalue weighted by atomic mass is 79.9. The number of hydrogen-bond acceptors (Lipinski definition) is 8. The Hall–Kier alpha value is -3.38. The van der Waals surface area contributed by atoms with E-state index in [2.05, 4.69) is 15.9 Å². The van der Waals surface area contributed by atoms with Gasteiger partial charge in [0, 0.05) is 12.1 Å². The summed E-state index contributed by atoms with van der Waals surface area (Å²) in [6.45, 7) is -0.663. The van der Waals surface area contributed by atoms with E-state index in [1.54, 1.807) is 24.3 Å². The number of nitrogens with zero attached hydrogens (tertiary/aromatic N) is 2. The van der Waals surface area contributed by atoms with E-state index in [-0.39, 0.29) is 17.2 Å². The zero-order valence-electron chi connectivity index (χ0n) is 16.4. The molecule has 32 heavy (non-hydrogen) atoms. The first-order chi connectivity index (χ1) is 15.2. The number of non-ortho nitro benzene ring substituents is 1. The van der Waals surface area contributed by atoms with Crippen LogP contribution in [0.2, 0.25) is 0 Å². The van der Waals surface area contributed by atoms with Crippen molar-refractivity contribution < 1.29 is 33.9 Å². The molecule has 0 atom stereocenters. The molecule has 2 amide bonds. The second-order valence-corrected chi connectivity index (χ2v) is 8.26. The van der Waals surface area contributed by atoms with Gasteiger partial charge in [0.25, 0.3) is 16.8 Å². The van der Waals surface area contributed by atoms with E-state index in [4.69, 9.17) is 14.6 Å². The molecule has 166 valence electrons. The number of carbonyl (C=O) groups excluding carboxylic acids is 2. The highest BCUT2D eigenvalue weighted by Crippen LogP contribution is 2.39. The third-order valence-electron chi connectivity index (χ3n) is 4.22. The second kappa shape index (κ2) is 9.83. The van der Waals surface area contributed by atoms with Crippen molar-refractivity contribution in [2.75, 3.05) is 13.7 Å². The minimum absolute atomic E-state index is 0.0457. The maximum absolute atomic E-state index is 12.3. The molecule has 0 aromatic heterocycles. The quantitative estimate of drug-likeness (QED) is 0.309. The van der Waals surface area contributed by atoms with Crippen LogP contribution in [-0.2, 0) is 16.2 Å². The van der Waals surface area contributed by atoms with Gasteiger partial charge in [-0.25, -0.2) is 0 Å². The Morgan fingerprint density at radius 2 is 2.06 bits per heavy atom. The number of hydrogen-bond donors (Lipinski definition) is 1. The van der Waals surface area contributed by atoms with Gasteiger partial charge in [-0.1, -0.05) is 12.1 Å². The van der Waals surface area contributed by atoms with Crippen LogP contribution in [0.1, 0.15) is 11.1 Å². The summed E-state index contributed by atoms with van der Waals surface area (Å²) in [5, 5.41) is 19.1. The Morgan fingerprint density at radius 1 is 1.31 bits per heavy atom. The Morgan fingerprint density at radius 3 is 2.72 bits per heavy atom. The highest BCUT2D eigenvalue weighted by molar-refractivity contribution is 9.10. The topological polar surface area (TPSA) is 136 Å². The molecule has 3 rings (SSSR count). The number of nitro groups is 1. The summed E-state index contributed by atoms with van der Waals surface area (Å²) in [5.74, 6) is -1.32. The molecule has 0 spiro atoms. The number of carboxylic acids is 1. The second-order valence-electron chi connectivity index (χ2n) is 6.41. The summed E-state index contributed by atoms with van der Waals surface area (Å²) in [4.78, 5) is 46.3. The van der Waals surface area contributed by atoms with Gasteiger partial charge < -0.3 is 14.6 Å². The molecule has 0 aliphatic carbocycles. The van der Waals surface area contributed by atoms with Crippen LogP contribution in [0.4, 0.5) is 10.5 Å². The van der Waals surface area contributed by atoms with Crippen molar-refractivity contribution in [1.82, 2.24) is 4.90 Å². The van der Waals surface area contributed by atoms with Crippen LogP contribution in [-0.4, -0.2) is 45.7 Å². The number of nitro benzene ring substituents is 1. The Kier molecular flexibility index (Phi) is 7.15. The van der Waals surface area contributed by atoms with Gasteiger partial charge in [-0.3, -0.25) is 29.4 Å². The van der Waals surface area contributed by atoms with Crippen molar-refractivity contribution in [1.29, 1.82) is 0 Å². The van der Waals surface area contributed by atoms with E-state index in [1.807, 2.05) is 0 Å². The molecule has 0 bridgehead atoms. The molecule has 2 aromatic carbocycles. The fraction of sp³-hybridized carbons (Fsp3) is 0.150. The number of imide groups is 1. The lowest BCUT2D eigenvalue weighted by molar-refractivity contribution is -0.384. The van der Waals surface area contributed by atoms with Gasteiger partial charge in [0.15, 0.2) is 11.5 Å². The lowest BCUT2D eigenvalue weighted by atomic mass is 10.1. The zero-order chi connectivity index (χ0) is 23.4. The van der Waals surface area contributed by atoms with Crippen LogP contribution in [0.25, 0.3) is 6.08 Å². The zero-order valence-corrected chi connectivity index (χ0v) is 18.8. The fourth-order valence-corrected chi connectivity index (χ4v) is 4.21. The standard InChI is InChI=1S/C20H15BrN2O8S/c1-30-15-7-12(8-16-19(26)22(9-17(24)25)20(27)32-16)6-14(21)18(15)31-10-11-3-2-4-13(5-11)23(28)29/h2-8H,9-10H2,1H3,(H,24,25)/b16-8+. The first-order valence-corrected chi connectivity index (χ1v) is 10.5. The summed E-state index contributed by atoms with van der Waals surface area (Å²) in [6.07, 6.45) is 1.45. The van der Waals surface area contributed by atoms with E-state index in [0.717, 1.165) is 0 Å². The van der Waals surface area contributed by atoms with E-state index in [0.29, 0.717) is 43.8 Å². The van der Waals surface area contributed by atoms with Crippen molar-refractivity contribution in [3.63, 3.8) is 0 Å². The number of carboxylic acid groups (broad SMARTS) is 1.